The summed E-state index contributed by atoms with van der Waals surface area (Å²) in [5.41, 5.74) is 0. The smallest absolute Gasteiger partial charge is 0.0565 e. The van der Waals surface area contributed by atoms with Gasteiger partial charge in [0.25, 0.3) is 0 Å². The van der Waals surface area contributed by atoms with E-state index in [4.69, 9.17) is 4.74 Å². The molecule has 1 aromatic rings. The van der Waals surface area contributed by atoms with Gasteiger partial charge in [0.15, 0.2) is 0 Å². The summed E-state index contributed by atoms with van der Waals surface area (Å²) in [7, 11) is 0. The van der Waals surface area contributed by atoms with E-state index < -0.39 is 0 Å². The van der Waals surface area contributed by atoms with Gasteiger partial charge in [0.2, 0.25) is 0 Å². The normalized spacial score (nSPS) is 30.5. The zero-order chi connectivity index (χ0) is 11.4. The second-order valence-corrected chi connectivity index (χ2v) is 5.74. The van der Waals surface area contributed by atoms with Crippen LogP contribution in [0.3, 0.4) is 0 Å². The lowest BCUT2D eigenvalue weighted by Gasteiger charge is -2.32. The predicted octanol–water partition coefficient (Wildman–Crippen LogP) is 2.84. The Labute approximate surface area is 102 Å². The van der Waals surface area contributed by atoms with E-state index in [-0.39, 0.29) is 0 Å². The summed E-state index contributed by atoms with van der Waals surface area (Å²) in [5, 5.41) is 5.79. The highest BCUT2D eigenvalue weighted by molar-refractivity contribution is 7.09. The van der Waals surface area contributed by atoms with Crippen molar-refractivity contribution < 1.29 is 4.74 Å². The first kappa shape index (κ1) is 12.1. The largest absolute Gasteiger partial charge is 0.375 e. The van der Waals surface area contributed by atoms with Gasteiger partial charge in [-0.2, -0.15) is 0 Å². The van der Waals surface area contributed by atoms with Gasteiger partial charge in [-0.25, -0.2) is 0 Å². The minimum absolute atomic E-state index is 0.406. The minimum atomic E-state index is 0.406. The molecule has 1 aliphatic heterocycles. The summed E-state index contributed by atoms with van der Waals surface area (Å²) < 4.78 is 5.73. The van der Waals surface area contributed by atoms with Crippen LogP contribution < -0.4 is 5.32 Å². The van der Waals surface area contributed by atoms with Gasteiger partial charge in [0.05, 0.1) is 12.2 Å². The molecule has 1 fully saturated rings. The van der Waals surface area contributed by atoms with E-state index >= 15 is 0 Å². The number of rotatable bonds is 4. The molecule has 2 nitrogen and oxygen atoms in total. The van der Waals surface area contributed by atoms with E-state index in [9.17, 15) is 0 Å². The molecule has 2 heterocycles. The fraction of sp³-hybridized carbons (Fsp3) is 0.692. The molecular weight excluding hydrogens is 218 g/mol. The lowest BCUT2D eigenvalue weighted by atomic mass is 10.00. The molecule has 1 saturated heterocycles. The molecule has 0 spiro atoms. The third-order valence-corrected chi connectivity index (χ3v) is 4.02. The Morgan fingerprint density at radius 1 is 1.38 bits per heavy atom. The number of hydrogen-bond donors (Lipinski definition) is 1. The predicted molar refractivity (Wildman–Crippen MR) is 69.1 cm³/mol. The second kappa shape index (κ2) is 5.80. The van der Waals surface area contributed by atoms with Crippen LogP contribution in [0.5, 0.6) is 0 Å². The quantitative estimate of drug-likeness (QED) is 0.872. The van der Waals surface area contributed by atoms with E-state index in [1.165, 1.54) is 4.88 Å². The zero-order valence-corrected chi connectivity index (χ0v) is 10.9. The highest BCUT2D eigenvalue weighted by Gasteiger charge is 2.23. The van der Waals surface area contributed by atoms with E-state index in [0.29, 0.717) is 18.2 Å². The summed E-state index contributed by atoms with van der Waals surface area (Å²) in [6, 6.07) is 4.97. The molecule has 0 saturated carbocycles. The Morgan fingerprint density at radius 3 is 2.75 bits per heavy atom. The van der Waals surface area contributed by atoms with Crippen molar-refractivity contribution in [1.29, 1.82) is 0 Å². The minimum Gasteiger partial charge on any atom is -0.375 e. The summed E-state index contributed by atoms with van der Waals surface area (Å²) in [6.07, 6.45) is 4.26. The van der Waals surface area contributed by atoms with Crippen molar-refractivity contribution in [3.63, 3.8) is 0 Å². The Kier molecular flexibility index (Phi) is 4.38. The number of thiophene rings is 1. The van der Waals surface area contributed by atoms with Gasteiger partial charge in [0, 0.05) is 17.5 Å². The van der Waals surface area contributed by atoms with Crippen molar-refractivity contribution in [3.8, 4) is 0 Å². The Hall–Kier alpha value is -0.380. The third kappa shape index (κ3) is 3.58. The lowest BCUT2D eigenvalue weighted by molar-refractivity contribution is -0.0419. The molecule has 3 heteroatoms. The molecule has 0 amide bonds. The number of nitrogens with one attached hydrogen (secondary N) is 1. The van der Waals surface area contributed by atoms with Crippen LogP contribution in [0, 0.1) is 0 Å². The van der Waals surface area contributed by atoms with E-state index in [0.717, 1.165) is 25.8 Å². The fourth-order valence-electron chi connectivity index (χ4n) is 2.43. The first-order chi connectivity index (χ1) is 7.74. The zero-order valence-electron chi connectivity index (χ0n) is 10.1. The van der Waals surface area contributed by atoms with E-state index in [2.05, 4.69) is 36.7 Å². The van der Waals surface area contributed by atoms with Crippen LogP contribution in [-0.2, 0) is 11.2 Å². The highest BCUT2D eigenvalue weighted by atomic mass is 32.1. The maximum atomic E-state index is 5.73. The first-order valence-corrected chi connectivity index (χ1v) is 7.03. The number of hydrogen-bond acceptors (Lipinski definition) is 3. The van der Waals surface area contributed by atoms with Crippen LogP contribution >= 0.6 is 11.3 Å². The van der Waals surface area contributed by atoms with Crippen molar-refractivity contribution in [1.82, 2.24) is 5.32 Å². The van der Waals surface area contributed by atoms with E-state index in [1.54, 1.807) is 0 Å². The molecule has 2 rings (SSSR count). The van der Waals surface area contributed by atoms with Crippen LogP contribution in [0.15, 0.2) is 17.5 Å². The Balaban J connectivity index is 1.69. The van der Waals surface area contributed by atoms with Gasteiger partial charge >= 0.3 is 0 Å². The van der Waals surface area contributed by atoms with Crippen LogP contribution in [0.4, 0.5) is 0 Å². The van der Waals surface area contributed by atoms with Crippen LogP contribution in [0.1, 0.15) is 31.6 Å². The molecule has 2 atom stereocenters. The Bertz CT molecular complexity index is 289. The monoisotopic (exact) mass is 239 g/mol. The van der Waals surface area contributed by atoms with Crippen molar-refractivity contribution in [2.75, 3.05) is 6.54 Å². The standard InChI is InChI=1S/C13H21NOS/c1-10-8-12(9-11(2)15-10)14-6-5-13-4-3-7-16-13/h3-4,7,10-12,14H,5-6,8-9H2,1-2H3. The van der Waals surface area contributed by atoms with Crippen LogP contribution in [-0.4, -0.2) is 24.8 Å². The summed E-state index contributed by atoms with van der Waals surface area (Å²) in [6.45, 7) is 5.43. The molecule has 1 N–H and O–H groups in total. The van der Waals surface area contributed by atoms with Crippen molar-refractivity contribution in [2.45, 2.75) is 51.4 Å². The van der Waals surface area contributed by atoms with Gasteiger partial charge < -0.3 is 10.1 Å². The SMILES string of the molecule is CC1CC(NCCc2cccs2)CC(C)O1. The fourth-order valence-corrected chi connectivity index (χ4v) is 3.14. The summed E-state index contributed by atoms with van der Waals surface area (Å²) in [5.74, 6) is 0. The van der Waals surface area contributed by atoms with Gasteiger partial charge in [0.1, 0.15) is 0 Å². The molecule has 2 unspecified atom stereocenters. The summed E-state index contributed by atoms with van der Waals surface area (Å²) >= 11 is 1.85. The molecule has 16 heavy (non-hydrogen) atoms. The molecule has 90 valence electrons. The molecular formula is C13H21NOS. The van der Waals surface area contributed by atoms with Gasteiger partial charge in [-0.15, -0.1) is 11.3 Å². The maximum Gasteiger partial charge on any atom is 0.0565 e. The maximum absolute atomic E-state index is 5.73. The molecule has 1 aliphatic rings. The molecule has 0 radical (unpaired) electrons. The Morgan fingerprint density at radius 2 is 2.12 bits per heavy atom. The third-order valence-electron chi connectivity index (χ3n) is 3.08. The van der Waals surface area contributed by atoms with Crippen molar-refractivity contribution in [3.05, 3.63) is 22.4 Å². The molecule has 0 aromatic carbocycles. The second-order valence-electron chi connectivity index (χ2n) is 4.71. The van der Waals surface area contributed by atoms with Crippen molar-refractivity contribution >= 4 is 11.3 Å². The first-order valence-electron chi connectivity index (χ1n) is 6.15. The average molecular weight is 239 g/mol. The summed E-state index contributed by atoms with van der Waals surface area (Å²) in [4.78, 5) is 1.47. The van der Waals surface area contributed by atoms with E-state index in [1.807, 2.05) is 11.3 Å². The molecule has 1 aromatic heterocycles. The van der Waals surface area contributed by atoms with Gasteiger partial charge in [-0.05, 0) is 44.6 Å². The topological polar surface area (TPSA) is 21.3 Å². The molecule has 0 aliphatic carbocycles. The van der Waals surface area contributed by atoms with Gasteiger partial charge in [-0.3, -0.25) is 0 Å². The van der Waals surface area contributed by atoms with Gasteiger partial charge in [-0.1, -0.05) is 6.07 Å². The average Bonchev–Trinajstić information content (AvgIpc) is 2.69. The van der Waals surface area contributed by atoms with Crippen molar-refractivity contribution in [2.24, 2.45) is 0 Å². The highest BCUT2D eigenvalue weighted by Crippen LogP contribution is 2.19. The van der Waals surface area contributed by atoms with Crippen LogP contribution in [0.2, 0.25) is 0 Å². The van der Waals surface area contributed by atoms with Crippen LogP contribution in [0.25, 0.3) is 0 Å². The number of ether oxygens (including phenoxy) is 1. The lowest BCUT2D eigenvalue weighted by Crippen LogP contribution is -2.41. The molecule has 0 bridgehead atoms.